The number of rotatable bonds is 6. The minimum atomic E-state index is -3.36. The summed E-state index contributed by atoms with van der Waals surface area (Å²) in [5.41, 5.74) is 0.387. The van der Waals surface area contributed by atoms with E-state index in [1.54, 1.807) is 0 Å². The summed E-state index contributed by atoms with van der Waals surface area (Å²) in [7, 11) is 5.16. The minimum Gasteiger partial charge on any atom is -0.495 e. The number of carbonyl (C=O) groups is 2. The van der Waals surface area contributed by atoms with Crippen molar-refractivity contribution in [3.05, 3.63) is 107 Å². The summed E-state index contributed by atoms with van der Waals surface area (Å²) < 4.78 is 49.6. The van der Waals surface area contributed by atoms with E-state index in [1.807, 2.05) is 20.2 Å². The van der Waals surface area contributed by atoms with Crippen LogP contribution in [0.4, 0.5) is 24.5 Å². The van der Waals surface area contributed by atoms with Crippen LogP contribution in [0.5, 0.6) is 5.75 Å². The predicted molar refractivity (Wildman–Crippen MR) is 150 cm³/mol. The van der Waals surface area contributed by atoms with Gasteiger partial charge in [0.25, 0.3) is 17.7 Å². The van der Waals surface area contributed by atoms with E-state index in [1.165, 1.54) is 65.4 Å². The molecule has 0 saturated heterocycles. The average molecular weight is 577 g/mol. The van der Waals surface area contributed by atoms with Crippen LogP contribution in [0.3, 0.4) is 0 Å². The van der Waals surface area contributed by atoms with Gasteiger partial charge in [-0.2, -0.15) is 19.1 Å². The van der Waals surface area contributed by atoms with E-state index >= 15 is 0 Å². The highest BCUT2D eigenvalue weighted by molar-refractivity contribution is 6.13. The number of carbonyl (C=O) groups excluding carboxylic acids is 2. The second kappa shape index (κ2) is 12.6. The third kappa shape index (κ3) is 5.96. The van der Waals surface area contributed by atoms with Gasteiger partial charge in [-0.25, -0.2) is 4.39 Å². The highest BCUT2D eigenvalue weighted by Crippen LogP contribution is 2.37. The molecule has 0 spiro atoms. The van der Waals surface area contributed by atoms with Crippen molar-refractivity contribution in [2.75, 3.05) is 38.0 Å². The van der Waals surface area contributed by atoms with Gasteiger partial charge in [-0.1, -0.05) is 12.1 Å². The van der Waals surface area contributed by atoms with E-state index in [2.05, 4.69) is 15.7 Å². The normalized spacial score (nSPS) is 12.5. The van der Waals surface area contributed by atoms with Crippen LogP contribution in [0.2, 0.25) is 0 Å². The number of benzene rings is 3. The van der Waals surface area contributed by atoms with E-state index in [0.29, 0.717) is 18.0 Å². The molecule has 12 heteroatoms. The van der Waals surface area contributed by atoms with Gasteiger partial charge in [0.1, 0.15) is 23.3 Å². The highest BCUT2D eigenvalue weighted by Gasteiger charge is 2.35. The number of nitrogens with zero attached hydrogens (tertiary/aromatic N) is 4. The Balaban J connectivity index is 0.00000129. The maximum Gasteiger partial charge on any atom is 0.298 e. The Morgan fingerprint density at radius 1 is 1.02 bits per heavy atom. The number of halogens is 3. The predicted octanol–water partition coefficient (Wildman–Crippen LogP) is 4.79. The zero-order valence-electron chi connectivity index (χ0n) is 23.0. The van der Waals surface area contributed by atoms with Crippen molar-refractivity contribution in [3.63, 3.8) is 0 Å². The van der Waals surface area contributed by atoms with E-state index < -0.39 is 23.6 Å². The monoisotopic (exact) mass is 576 g/mol. The Morgan fingerprint density at radius 3 is 2.24 bits per heavy atom. The van der Waals surface area contributed by atoms with Crippen molar-refractivity contribution in [1.82, 2.24) is 15.1 Å². The van der Waals surface area contributed by atoms with Crippen molar-refractivity contribution in [3.8, 4) is 11.8 Å². The lowest BCUT2D eigenvalue weighted by molar-refractivity contribution is 0.0428. The number of fused-ring (bicyclic) bond motifs is 1. The van der Waals surface area contributed by atoms with Gasteiger partial charge in [0.2, 0.25) is 0 Å². The second-order valence-corrected chi connectivity index (χ2v) is 9.20. The zero-order valence-corrected chi connectivity index (χ0v) is 23.0. The molecule has 1 aromatic heterocycles. The van der Waals surface area contributed by atoms with Gasteiger partial charge in [0.15, 0.2) is 0 Å². The number of hydrogen-bond donors (Lipinski definition) is 2. The Morgan fingerprint density at radius 2 is 1.64 bits per heavy atom. The van der Waals surface area contributed by atoms with Crippen LogP contribution in [-0.2, 0) is 12.5 Å². The van der Waals surface area contributed by atoms with Crippen molar-refractivity contribution in [1.29, 1.82) is 5.26 Å². The number of hydrogen-bond acceptors (Lipinski definition) is 6. The number of ether oxygens (including phenoxy) is 1. The van der Waals surface area contributed by atoms with Crippen molar-refractivity contribution in [2.45, 2.75) is 12.5 Å². The number of methoxy groups -OCH3 is 1. The van der Waals surface area contributed by atoms with E-state index in [0.717, 1.165) is 24.3 Å². The molecule has 4 aromatic rings. The third-order valence-corrected chi connectivity index (χ3v) is 6.40. The molecule has 42 heavy (non-hydrogen) atoms. The number of anilines is 2. The lowest BCUT2D eigenvalue weighted by atomic mass is 10.00. The van der Waals surface area contributed by atoms with Crippen LogP contribution in [0.15, 0.2) is 72.9 Å². The fraction of sp³-hybridized carbons (Fsp3) is 0.200. The van der Waals surface area contributed by atoms with Crippen molar-refractivity contribution >= 4 is 23.2 Å². The molecule has 216 valence electrons. The largest absolute Gasteiger partial charge is 0.495 e. The standard InChI is InChI=1S/C28H20F3N5O3.C2H7N/c1-39-24-11-2-17(14-18(24)15-32)26(37)34-23-16-33-36-13-12-35(27(38)25(23)36)22-9-5-20(6-10-22)28(30,31)19-3-7-21(29)8-4-19;1-3-2/h2-11,14,16H,12-13H2,1H3,(H,34,37);3H,1-2H3. The summed E-state index contributed by atoms with van der Waals surface area (Å²) in [6.45, 7) is 0.546. The molecule has 0 radical (unpaired) electrons. The van der Waals surface area contributed by atoms with Gasteiger partial charge in [0, 0.05) is 28.9 Å². The average Bonchev–Trinajstić information content (AvgIpc) is 3.41. The van der Waals surface area contributed by atoms with Gasteiger partial charge in [0.05, 0.1) is 31.1 Å². The first-order valence-corrected chi connectivity index (χ1v) is 12.7. The summed E-state index contributed by atoms with van der Waals surface area (Å²) in [5, 5.41) is 18.9. The number of alkyl halides is 2. The molecule has 0 saturated carbocycles. The number of amides is 2. The molecular formula is C30H27F3N6O3. The fourth-order valence-electron chi connectivity index (χ4n) is 4.35. The highest BCUT2D eigenvalue weighted by atomic mass is 19.3. The first-order valence-electron chi connectivity index (χ1n) is 12.7. The van der Waals surface area contributed by atoms with Crippen LogP contribution in [0.25, 0.3) is 0 Å². The maximum atomic E-state index is 15.0. The molecule has 5 rings (SSSR count). The summed E-state index contributed by atoms with van der Waals surface area (Å²) in [4.78, 5) is 27.7. The Bertz CT molecular complexity index is 1630. The number of nitriles is 1. The smallest absolute Gasteiger partial charge is 0.298 e. The van der Waals surface area contributed by atoms with Gasteiger partial charge >= 0.3 is 0 Å². The van der Waals surface area contributed by atoms with Crippen molar-refractivity contribution < 1.29 is 27.5 Å². The number of nitrogens with one attached hydrogen (secondary N) is 2. The fourth-order valence-corrected chi connectivity index (χ4v) is 4.35. The van der Waals surface area contributed by atoms with E-state index in [9.17, 15) is 28.0 Å². The Hall–Kier alpha value is -5.15. The van der Waals surface area contributed by atoms with Crippen LogP contribution in [-0.4, -0.2) is 49.3 Å². The van der Waals surface area contributed by atoms with E-state index in [4.69, 9.17) is 4.74 Å². The quantitative estimate of drug-likeness (QED) is 0.341. The molecule has 2 amide bonds. The SMILES string of the molecule is CNC.COc1ccc(C(=O)Nc2cnn3c2C(=O)N(c2ccc(C(F)(F)c4ccc(F)cc4)cc2)CC3)cc1C#N. The molecule has 0 unspecified atom stereocenters. The summed E-state index contributed by atoms with van der Waals surface area (Å²) >= 11 is 0. The first-order chi connectivity index (χ1) is 20.1. The van der Waals surface area contributed by atoms with Crippen molar-refractivity contribution in [2.24, 2.45) is 0 Å². The van der Waals surface area contributed by atoms with Crippen LogP contribution >= 0.6 is 0 Å². The lowest BCUT2D eigenvalue weighted by Crippen LogP contribution is -2.41. The molecule has 1 aliphatic rings. The minimum absolute atomic E-state index is 0.129. The molecule has 0 fully saturated rings. The van der Waals surface area contributed by atoms with Gasteiger partial charge < -0.3 is 20.3 Å². The zero-order chi connectivity index (χ0) is 30.4. The summed E-state index contributed by atoms with van der Waals surface area (Å²) in [5.74, 6) is -4.67. The van der Waals surface area contributed by atoms with Crippen LogP contribution in [0.1, 0.15) is 37.5 Å². The molecule has 2 heterocycles. The van der Waals surface area contributed by atoms with Gasteiger partial charge in [-0.15, -0.1) is 0 Å². The van der Waals surface area contributed by atoms with Crippen LogP contribution < -0.4 is 20.3 Å². The molecular weight excluding hydrogens is 549 g/mol. The summed E-state index contributed by atoms with van der Waals surface area (Å²) in [6, 6.07) is 15.6. The Kier molecular flexibility index (Phi) is 8.93. The second-order valence-electron chi connectivity index (χ2n) is 9.20. The topological polar surface area (TPSA) is 112 Å². The Labute approximate surface area is 240 Å². The van der Waals surface area contributed by atoms with Gasteiger partial charge in [-0.05, 0) is 68.7 Å². The molecule has 0 bridgehead atoms. The maximum absolute atomic E-state index is 15.0. The molecule has 2 N–H and O–H groups in total. The molecule has 0 aliphatic carbocycles. The third-order valence-electron chi connectivity index (χ3n) is 6.40. The molecule has 0 atom stereocenters. The molecule has 9 nitrogen and oxygen atoms in total. The number of aromatic nitrogens is 2. The molecule has 3 aromatic carbocycles. The van der Waals surface area contributed by atoms with E-state index in [-0.39, 0.29) is 40.2 Å². The first kappa shape index (κ1) is 29.8. The summed E-state index contributed by atoms with van der Waals surface area (Å²) in [6.07, 6.45) is 1.36. The molecule has 1 aliphatic heterocycles. The van der Waals surface area contributed by atoms with Crippen LogP contribution in [0, 0.1) is 17.1 Å². The lowest BCUT2D eigenvalue weighted by Gasteiger charge is -2.28. The van der Waals surface area contributed by atoms with Gasteiger partial charge in [-0.3, -0.25) is 14.3 Å².